The predicted octanol–water partition coefficient (Wildman–Crippen LogP) is 2.65. The van der Waals surface area contributed by atoms with Crippen LogP contribution in [0.1, 0.15) is 30.1 Å². The number of carbonyl (C=O) groups excluding carboxylic acids is 2. The number of carbonyl (C=O) groups is 2. The molecule has 1 amide bonds. The maximum absolute atomic E-state index is 12.5. The molecule has 2 aliphatic rings. The van der Waals surface area contributed by atoms with Crippen molar-refractivity contribution in [1.29, 1.82) is 0 Å². The summed E-state index contributed by atoms with van der Waals surface area (Å²) < 4.78 is 0.861. The Morgan fingerprint density at radius 3 is 2.15 bits per heavy atom. The summed E-state index contributed by atoms with van der Waals surface area (Å²) in [5.74, 6) is 0.683. The van der Waals surface area contributed by atoms with Crippen molar-refractivity contribution in [2.45, 2.75) is 19.8 Å². The van der Waals surface area contributed by atoms with Crippen LogP contribution in [0.3, 0.4) is 0 Å². The largest absolute Gasteiger partial charge is 0.368 e. The molecular weight excluding hydrogens is 366 g/mol. The van der Waals surface area contributed by atoms with Gasteiger partial charge >= 0.3 is 0 Å². The third-order valence-corrected chi connectivity index (χ3v) is 6.46. The van der Waals surface area contributed by atoms with E-state index in [1.165, 1.54) is 24.6 Å². The molecule has 0 unspecified atom stereocenters. The summed E-state index contributed by atoms with van der Waals surface area (Å²) in [6.07, 6.45) is 2.40. The molecule has 0 aliphatic carbocycles. The topological polar surface area (TPSA) is 43.9 Å². The number of likely N-dealkylation sites (tertiary alicyclic amines) is 1. The maximum atomic E-state index is 12.5. The Labute approximate surface area is 164 Å². The zero-order valence-corrected chi connectivity index (χ0v) is 16.8. The van der Waals surface area contributed by atoms with Crippen molar-refractivity contribution in [3.05, 3.63) is 29.8 Å². The normalized spacial score (nSPS) is 17.5. The molecular formula is C19H25N3O2S2. The second kappa shape index (κ2) is 8.86. The highest BCUT2D eigenvalue weighted by atomic mass is 32.2. The first-order chi connectivity index (χ1) is 12.5. The van der Waals surface area contributed by atoms with Crippen LogP contribution in [-0.4, -0.2) is 70.8 Å². The molecule has 0 bridgehead atoms. The third kappa shape index (κ3) is 4.76. The molecule has 5 nitrogen and oxygen atoms in total. The Balaban J connectivity index is 1.44. The van der Waals surface area contributed by atoms with Crippen LogP contribution in [0.4, 0.5) is 5.69 Å². The number of rotatable bonds is 4. The molecule has 0 aromatic heterocycles. The number of Topliss-reactive ketones (excluding diaryl/α,β-unsaturated/α-hetero) is 1. The lowest BCUT2D eigenvalue weighted by atomic mass is 10.1. The van der Waals surface area contributed by atoms with Crippen LogP contribution in [0.2, 0.25) is 0 Å². The van der Waals surface area contributed by atoms with Gasteiger partial charge in [-0.15, -0.1) is 0 Å². The van der Waals surface area contributed by atoms with Crippen molar-refractivity contribution in [2.75, 3.05) is 49.9 Å². The van der Waals surface area contributed by atoms with Crippen molar-refractivity contribution in [3.63, 3.8) is 0 Å². The van der Waals surface area contributed by atoms with E-state index in [-0.39, 0.29) is 11.7 Å². The average molecular weight is 392 g/mol. The second-order valence-electron chi connectivity index (χ2n) is 6.72. The monoisotopic (exact) mass is 391 g/mol. The lowest BCUT2D eigenvalue weighted by molar-refractivity contribution is -0.128. The van der Waals surface area contributed by atoms with Gasteiger partial charge in [0.2, 0.25) is 5.91 Å². The SMILES string of the molecule is CC(=O)c1ccc(N2CCN(C(=O)CSC(=S)N3CCCC3)CC2)cc1. The molecule has 1 aromatic carbocycles. The van der Waals surface area contributed by atoms with Gasteiger partial charge < -0.3 is 14.7 Å². The Kier molecular flexibility index (Phi) is 6.53. The molecule has 26 heavy (non-hydrogen) atoms. The summed E-state index contributed by atoms with van der Waals surface area (Å²) in [6, 6.07) is 7.70. The van der Waals surface area contributed by atoms with Crippen LogP contribution in [0.25, 0.3) is 0 Å². The van der Waals surface area contributed by atoms with Crippen LogP contribution >= 0.6 is 24.0 Å². The fourth-order valence-electron chi connectivity index (χ4n) is 3.33. The summed E-state index contributed by atoms with van der Waals surface area (Å²) in [5, 5.41) is 0. The van der Waals surface area contributed by atoms with Gasteiger partial charge in [-0.25, -0.2) is 0 Å². The molecule has 2 fully saturated rings. The van der Waals surface area contributed by atoms with Gasteiger partial charge in [0.15, 0.2) is 5.78 Å². The minimum atomic E-state index is 0.0799. The van der Waals surface area contributed by atoms with Crippen molar-refractivity contribution in [3.8, 4) is 0 Å². The maximum Gasteiger partial charge on any atom is 0.233 e. The zero-order valence-electron chi connectivity index (χ0n) is 15.1. The fourth-order valence-corrected chi connectivity index (χ4v) is 4.48. The van der Waals surface area contributed by atoms with Gasteiger partial charge in [-0.2, -0.15) is 0 Å². The van der Waals surface area contributed by atoms with Crippen molar-refractivity contribution in [1.82, 2.24) is 9.80 Å². The lowest BCUT2D eigenvalue weighted by Gasteiger charge is -2.36. The van der Waals surface area contributed by atoms with Crippen molar-refractivity contribution < 1.29 is 9.59 Å². The standard InChI is InChI=1S/C19H25N3O2S2/c1-15(23)16-4-6-17(7-5-16)20-10-12-21(13-11-20)18(24)14-26-19(25)22-8-2-3-9-22/h4-7H,2-3,8-14H2,1H3. The number of hydrogen-bond donors (Lipinski definition) is 0. The highest BCUT2D eigenvalue weighted by Gasteiger charge is 2.23. The van der Waals surface area contributed by atoms with Crippen LogP contribution < -0.4 is 4.90 Å². The summed E-state index contributed by atoms with van der Waals surface area (Å²) in [7, 11) is 0. The first-order valence-electron chi connectivity index (χ1n) is 9.10. The Morgan fingerprint density at radius 1 is 0.962 bits per heavy atom. The van der Waals surface area contributed by atoms with Crippen LogP contribution in [0.15, 0.2) is 24.3 Å². The first-order valence-corrected chi connectivity index (χ1v) is 10.5. The number of nitrogens with zero attached hydrogens (tertiary/aromatic N) is 3. The summed E-state index contributed by atoms with van der Waals surface area (Å²) in [6.45, 7) is 6.71. The van der Waals surface area contributed by atoms with Gasteiger partial charge in [0.1, 0.15) is 4.32 Å². The van der Waals surface area contributed by atoms with Crippen LogP contribution in [-0.2, 0) is 4.79 Å². The quantitative estimate of drug-likeness (QED) is 0.581. The van der Waals surface area contributed by atoms with Gasteiger partial charge in [-0.05, 0) is 44.0 Å². The molecule has 3 rings (SSSR count). The zero-order chi connectivity index (χ0) is 18.5. The predicted molar refractivity (Wildman–Crippen MR) is 111 cm³/mol. The van der Waals surface area contributed by atoms with Crippen molar-refractivity contribution in [2.24, 2.45) is 0 Å². The number of benzene rings is 1. The molecule has 0 N–H and O–H groups in total. The molecule has 2 heterocycles. The highest BCUT2D eigenvalue weighted by molar-refractivity contribution is 8.23. The van der Waals surface area contributed by atoms with E-state index in [0.717, 1.165) is 54.8 Å². The van der Waals surface area contributed by atoms with E-state index in [1.54, 1.807) is 6.92 Å². The Morgan fingerprint density at radius 2 is 1.58 bits per heavy atom. The van der Waals surface area contributed by atoms with E-state index in [4.69, 9.17) is 12.2 Å². The number of hydrogen-bond acceptors (Lipinski definition) is 5. The van der Waals surface area contributed by atoms with Gasteiger partial charge in [-0.1, -0.05) is 24.0 Å². The van der Waals surface area contributed by atoms with E-state index in [0.29, 0.717) is 5.75 Å². The molecule has 0 spiro atoms. The molecule has 0 radical (unpaired) electrons. The third-order valence-electron chi connectivity index (χ3n) is 4.95. The second-order valence-corrected chi connectivity index (χ2v) is 8.33. The van der Waals surface area contributed by atoms with Gasteiger partial charge in [0.05, 0.1) is 5.75 Å². The van der Waals surface area contributed by atoms with Gasteiger partial charge in [-0.3, -0.25) is 9.59 Å². The number of ketones is 1. The van der Waals surface area contributed by atoms with E-state index < -0.39 is 0 Å². The molecule has 0 saturated carbocycles. The Bertz CT molecular complexity index is 664. The molecule has 1 aromatic rings. The smallest absolute Gasteiger partial charge is 0.233 e. The number of piperazine rings is 1. The van der Waals surface area contributed by atoms with E-state index in [2.05, 4.69) is 9.80 Å². The lowest BCUT2D eigenvalue weighted by Crippen LogP contribution is -2.49. The molecule has 2 aliphatic heterocycles. The summed E-state index contributed by atoms with van der Waals surface area (Å²) >= 11 is 6.93. The molecule has 7 heteroatoms. The first kappa shape index (κ1) is 19.2. The molecule has 140 valence electrons. The van der Waals surface area contributed by atoms with Gasteiger partial charge in [0, 0.05) is 50.5 Å². The number of thioether (sulfide) groups is 1. The fraction of sp³-hybridized carbons (Fsp3) is 0.526. The number of thiocarbonyl (C=S) groups is 1. The Hall–Kier alpha value is -1.60. The average Bonchev–Trinajstić information content (AvgIpc) is 3.21. The number of amides is 1. The van der Waals surface area contributed by atoms with Crippen LogP contribution in [0.5, 0.6) is 0 Å². The van der Waals surface area contributed by atoms with E-state index in [9.17, 15) is 9.59 Å². The molecule has 2 saturated heterocycles. The summed E-state index contributed by atoms with van der Waals surface area (Å²) in [5.41, 5.74) is 1.83. The van der Waals surface area contributed by atoms with E-state index in [1.807, 2.05) is 29.2 Å². The van der Waals surface area contributed by atoms with E-state index >= 15 is 0 Å². The summed E-state index contributed by atoms with van der Waals surface area (Å²) in [4.78, 5) is 30.2. The minimum absolute atomic E-state index is 0.0799. The number of anilines is 1. The van der Waals surface area contributed by atoms with Gasteiger partial charge in [0.25, 0.3) is 0 Å². The van der Waals surface area contributed by atoms with Crippen LogP contribution in [0, 0.1) is 0 Å². The molecule has 0 atom stereocenters. The minimum Gasteiger partial charge on any atom is -0.368 e. The highest BCUT2D eigenvalue weighted by Crippen LogP contribution is 2.19. The van der Waals surface area contributed by atoms with Crippen molar-refractivity contribution >= 4 is 45.7 Å².